The summed E-state index contributed by atoms with van der Waals surface area (Å²) >= 11 is 6.08. The summed E-state index contributed by atoms with van der Waals surface area (Å²) in [6.45, 7) is 6.47. The first-order chi connectivity index (χ1) is 22.8. The second-order valence-corrected chi connectivity index (χ2v) is 12.0. The van der Waals surface area contributed by atoms with Gasteiger partial charge in [0.1, 0.15) is 11.6 Å². The highest BCUT2D eigenvalue weighted by Gasteiger charge is 2.58. The summed E-state index contributed by atoms with van der Waals surface area (Å²) in [7, 11) is 0. The molecular formula is C32H36ClN7O8. The fraction of sp³-hybridized carbons (Fsp3) is 0.469. The summed E-state index contributed by atoms with van der Waals surface area (Å²) in [6.07, 6.45) is 4.82. The van der Waals surface area contributed by atoms with Crippen LogP contribution in [0.3, 0.4) is 0 Å². The number of halogens is 1. The molecule has 2 fully saturated rings. The van der Waals surface area contributed by atoms with E-state index in [9.17, 15) is 19.2 Å². The SMILES string of the molecule is C#C[C@@]1(C)[C@@H](COC(Cc2ccc(N3CCCNC3=O)cc2)(C(C)=O)C(=O)OCC)O[C@@H](n2cnc3c(N)nc(Cl)nc32)[C@@H]1OC(C)=O. The van der Waals surface area contributed by atoms with E-state index >= 15 is 0 Å². The molecule has 15 nitrogen and oxygen atoms in total. The van der Waals surface area contributed by atoms with Crippen molar-refractivity contribution in [1.29, 1.82) is 0 Å². The molecule has 2 aliphatic heterocycles. The van der Waals surface area contributed by atoms with Crippen LogP contribution in [-0.4, -0.2) is 87.4 Å². The molecule has 0 spiro atoms. The van der Waals surface area contributed by atoms with E-state index in [2.05, 4.69) is 26.2 Å². The normalized spacial score (nSPS) is 23.6. The Morgan fingerprint density at radius 1 is 1.25 bits per heavy atom. The van der Waals surface area contributed by atoms with Crippen molar-refractivity contribution in [2.45, 2.75) is 64.6 Å². The van der Waals surface area contributed by atoms with Gasteiger partial charge in [-0.25, -0.2) is 14.6 Å². The molecule has 2 saturated heterocycles. The Morgan fingerprint density at radius 2 is 1.98 bits per heavy atom. The minimum absolute atomic E-state index is 0.0138. The number of ketones is 1. The second-order valence-electron chi connectivity index (χ2n) is 11.7. The molecule has 2 aromatic heterocycles. The fourth-order valence-electron chi connectivity index (χ4n) is 5.89. The molecule has 0 saturated carbocycles. The van der Waals surface area contributed by atoms with E-state index in [0.717, 1.165) is 6.42 Å². The quantitative estimate of drug-likeness (QED) is 0.130. The smallest absolute Gasteiger partial charge is 0.346 e. The Hall–Kier alpha value is -4.78. The number of anilines is 2. The van der Waals surface area contributed by atoms with Crippen molar-refractivity contribution >= 4 is 58.0 Å². The summed E-state index contributed by atoms with van der Waals surface area (Å²) in [6, 6.07) is 6.69. The minimum Gasteiger partial charge on any atom is -0.463 e. The fourth-order valence-corrected chi connectivity index (χ4v) is 6.06. The zero-order valence-electron chi connectivity index (χ0n) is 26.9. The Kier molecular flexibility index (Phi) is 9.90. The molecule has 5 rings (SSSR count). The first-order valence-electron chi connectivity index (χ1n) is 15.3. The summed E-state index contributed by atoms with van der Waals surface area (Å²) in [5.41, 5.74) is 4.23. The number of aromatic nitrogens is 4. The van der Waals surface area contributed by atoms with E-state index in [4.69, 9.17) is 42.7 Å². The van der Waals surface area contributed by atoms with Crippen LogP contribution in [0.4, 0.5) is 16.3 Å². The van der Waals surface area contributed by atoms with E-state index < -0.39 is 47.2 Å². The summed E-state index contributed by atoms with van der Waals surface area (Å²) in [4.78, 5) is 65.6. The van der Waals surface area contributed by atoms with Gasteiger partial charge in [-0.1, -0.05) is 18.1 Å². The lowest BCUT2D eigenvalue weighted by Crippen LogP contribution is -2.53. The molecule has 5 atom stereocenters. The molecule has 0 aliphatic carbocycles. The number of esters is 2. The number of fused-ring (bicyclic) bond motifs is 1. The van der Waals surface area contributed by atoms with Crippen LogP contribution in [0.2, 0.25) is 5.28 Å². The van der Waals surface area contributed by atoms with Gasteiger partial charge in [-0.15, -0.1) is 6.42 Å². The van der Waals surface area contributed by atoms with Crippen LogP contribution in [0.15, 0.2) is 30.6 Å². The first-order valence-corrected chi connectivity index (χ1v) is 15.6. The van der Waals surface area contributed by atoms with Crippen LogP contribution in [0.5, 0.6) is 0 Å². The van der Waals surface area contributed by atoms with Gasteiger partial charge in [-0.05, 0) is 56.5 Å². The molecule has 4 heterocycles. The highest BCUT2D eigenvalue weighted by Crippen LogP contribution is 2.46. The highest BCUT2D eigenvalue weighted by molar-refractivity contribution is 6.28. The number of rotatable bonds is 11. The summed E-state index contributed by atoms with van der Waals surface area (Å²) in [5.74, 6) is 0.562. The molecule has 254 valence electrons. The number of nitrogens with two attached hydrogens (primary N) is 1. The van der Waals surface area contributed by atoms with Crippen molar-refractivity contribution in [2.75, 3.05) is 36.9 Å². The average molecular weight is 682 g/mol. The number of nitrogens with one attached hydrogen (secondary N) is 1. The number of ether oxygens (including phenoxy) is 4. The zero-order chi connectivity index (χ0) is 34.8. The van der Waals surface area contributed by atoms with Crippen LogP contribution in [0, 0.1) is 17.8 Å². The number of hydrogen-bond donors (Lipinski definition) is 2. The Labute approximate surface area is 281 Å². The second kappa shape index (κ2) is 13.8. The van der Waals surface area contributed by atoms with Crippen molar-refractivity contribution in [3.05, 3.63) is 41.4 Å². The maximum Gasteiger partial charge on any atom is 0.346 e. The maximum atomic E-state index is 13.5. The van der Waals surface area contributed by atoms with Crippen LogP contribution in [0.1, 0.15) is 45.9 Å². The summed E-state index contributed by atoms with van der Waals surface area (Å²) in [5, 5.41) is 2.66. The molecule has 16 heteroatoms. The third kappa shape index (κ3) is 6.38. The molecule has 2 amide bonds. The van der Waals surface area contributed by atoms with Gasteiger partial charge in [-0.3, -0.25) is 19.1 Å². The van der Waals surface area contributed by atoms with Crippen molar-refractivity contribution in [3.8, 4) is 12.3 Å². The molecule has 2 aliphatic rings. The molecule has 3 aromatic rings. The number of nitrogen functional groups attached to an aromatic ring is 1. The number of carbonyl (C=O) groups is 4. The molecule has 3 N–H and O–H groups in total. The Morgan fingerprint density at radius 3 is 2.60 bits per heavy atom. The first kappa shape index (κ1) is 34.6. The van der Waals surface area contributed by atoms with Crippen molar-refractivity contribution in [1.82, 2.24) is 24.8 Å². The third-order valence-electron chi connectivity index (χ3n) is 8.56. The summed E-state index contributed by atoms with van der Waals surface area (Å²) < 4.78 is 25.2. The van der Waals surface area contributed by atoms with Gasteiger partial charge in [-0.2, -0.15) is 9.97 Å². The van der Waals surface area contributed by atoms with Gasteiger partial charge >= 0.3 is 18.0 Å². The van der Waals surface area contributed by atoms with Gasteiger partial charge in [0.15, 0.2) is 29.6 Å². The monoisotopic (exact) mass is 681 g/mol. The van der Waals surface area contributed by atoms with Crippen LogP contribution < -0.4 is 16.0 Å². The largest absolute Gasteiger partial charge is 0.463 e. The van der Waals surface area contributed by atoms with Gasteiger partial charge in [0.05, 0.1) is 25.0 Å². The molecule has 1 unspecified atom stereocenters. The van der Waals surface area contributed by atoms with Crippen molar-refractivity contribution in [3.63, 3.8) is 0 Å². The molecule has 48 heavy (non-hydrogen) atoms. The van der Waals surface area contributed by atoms with Crippen LogP contribution in [-0.2, 0) is 39.8 Å². The average Bonchev–Trinajstić information content (AvgIpc) is 3.58. The number of amides is 2. The number of terminal acetylenes is 1. The van der Waals surface area contributed by atoms with E-state index in [1.54, 1.807) is 43.0 Å². The van der Waals surface area contributed by atoms with Gasteiger partial charge in [0, 0.05) is 32.1 Å². The van der Waals surface area contributed by atoms with E-state index in [1.807, 2.05) is 0 Å². The predicted molar refractivity (Wildman–Crippen MR) is 173 cm³/mol. The lowest BCUT2D eigenvalue weighted by Gasteiger charge is -2.33. The predicted octanol–water partition coefficient (Wildman–Crippen LogP) is 2.60. The number of carbonyl (C=O) groups excluding carboxylic acids is 4. The molecule has 1 aromatic carbocycles. The number of urea groups is 1. The molecular weight excluding hydrogens is 646 g/mol. The Bertz CT molecular complexity index is 1780. The van der Waals surface area contributed by atoms with E-state index in [-0.39, 0.29) is 47.9 Å². The lowest BCUT2D eigenvalue weighted by molar-refractivity contribution is -0.182. The van der Waals surface area contributed by atoms with Crippen molar-refractivity contribution < 1.29 is 38.1 Å². The van der Waals surface area contributed by atoms with Crippen LogP contribution >= 0.6 is 11.6 Å². The minimum atomic E-state index is -2.09. The number of nitrogens with zero attached hydrogens (tertiary/aromatic N) is 5. The van der Waals surface area contributed by atoms with E-state index in [1.165, 1.54) is 24.7 Å². The van der Waals surface area contributed by atoms with Crippen molar-refractivity contribution in [2.24, 2.45) is 5.41 Å². The topological polar surface area (TPSA) is 190 Å². The van der Waals surface area contributed by atoms with Crippen LogP contribution in [0.25, 0.3) is 11.2 Å². The van der Waals surface area contributed by atoms with Gasteiger partial charge < -0.3 is 30.0 Å². The molecule has 0 bridgehead atoms. The lowest BCUT2D eigenvalue weighted by atomic mass is 9.81. The number of benzene rings is 1. The number of Topliss-reactive ketones (excluding diaryl/α,β-unsaturated/α-hetero) is 1. The maximum absolute atomic E-state index is 13.5. The zero-order valence-corrected chi connectivity index (χ0v) is 27.7. The Balaban J connectivity index is 1.47. The van der Waals surface area contributed by atoms with E-state index in [0.29, 0.717) is 24.3 Å². The number of imidazole rings is 1. The van der Waals surface area contributed by atoms with Gasteiger partial charge in [0.2, 0.25) is 10.9 Å². The highest BCUT2D eigenvalue weighted by atomic mass is 35.5. The number of hydrogen-bond acceptors (Lipinski definition) is 12. The van der Waals surface area contributed by atoms with Gasteiger partial charge in [0.25, 0.3) is 0 Å². The molecule has 0 radical (unpaired) electrons. The standard InChI is InChI=1S/C32H36ClN7O8/c1-6-31(5)22(48-27(24(31)47-19(4)42)40-17-36-23-25(34)37-29(33)38-26(23)40)16-46-32(18(3)41,28(43)45-7-2)15-20-9-11-21(12-10-20)39-14-8-13-35-30(39)44/h1,9-12,17,22,24,27H,7-8,13-16H2,2-5H3,(H,35,44)(H2,34,37,38)/t22-,24+,27-,31+,32?/m1/s1. The third-order valence-corrected chi connectivity index (χ3v) is 8.73.